The Morgan fingerprint density at radius 1 is 0.537 bits per heavy atom. The van der Waals surface area contributed by atoms with Gasteiger partial charge in [0, 0.05) is 20.0 Å². The van der Waals surface area contributed by atoms with Crippen LogP contribution in [-0.4, -0.2) is 43.5 Å². The van der Waals surface area contributed by atoms with E-state index in [2.05, 4.69) is 28.9 Å². The van der Waals surface area contributed by atoms with Gasteiger partial charge in [-0.25, -0.2) is 0 Å². The van der Waals surface area contributed by atoms with Gasteiger partial charge in [-0.3, -0.25) is 0 Å². The van der Waals surface area contributed by atoms with E-state index in [1.165, 1.54) is 81.2 Å². The summed E-state index contributed by atoms with van der Waals surface area (Å²) in [5.74, 6) is 0. The molecule has 0 radical (unpaired) electrons. The summed E-state index contributed by atoms with van der Waals surface area (Å²) in [6, 6.07) is 1.57. The van der Waals surface area contributed by atoms with Crippen LogP contribution < -0.4 is 0 Å². The minimum absolute atomic E-state index is 0.0465. The summed E-state index contributed by atoms with van der Waals surface area (Å²) < 4.78 is 1.84. The Morgan fingerprint density at radius 2 is 0.805 bits per heavy atom. The zero-order valence-electron chi connectivity index (χ0n) is 26.4. The van der Waals surface area contributed by atoms with Crippen LogP contribution in [0.3, 0.4) is 0 Å². The quantitative estimate of drug-likeness (QED) is 0.159. The number of rotatable bonds is 5. The van der Waals surface area contributed by atoms with Crippen molar-refractivity contribution in [3.63, 3.8) is 0 Å². The summed E-state index contributed by atoms with van der Waals surface area (Å²) in [6.07, 6.45) is 42.5. The molecule has 6 heteroatoms. The molecule has 0 unspecified atom stereocenters. The molecule has 1 heterocycles. The Kier molecular flexibility index (Phi) is 17.0. The molecule has 0 bridgehead atoms. The predicted octanol–water partition coefficient (Wildman–Crippen LogP) is 11.8. The van der Waals surface area contributed by atoms with Crippen LogP contribution in [0.1, 0.15) is 167 Å². The van der Waals surface area contributed by atoms with Crippen molar-refractivity contribution in [3.05, 3.63) is 19.1 Å². The SMILES string of the molecule is C1=CN(C2CCCCC2)[CH-]N1C1CCCCC1.C1CCC([PH+](C2CCCCC2)C2CCCCC2)CC1.C[CH]=[Ru]([Cl])[Cl]. The van der Waals surface area contributed by atoms with E-state index in [4.69, 9.17) is 19.4 Å². The average Bonchev–Trinajstić information content (AvgIpc) is 3.55. The summed E-state index contributed by atoms with van der Waals surface area (Å²) >= 11 is -1.36. The van der Waals surface area contributed by atoms with E-state index in [0.717, 1.165) is 12.1 Å². The van der Waals surface area contributed by atoms with E-state index < -0.39 is 13.5 Å². The molecule has 1 aliphatic heterocycles. The van der Waals surface area contributed by atoms with Crippen molar-refractivity contribution >= 4 is 31.9 Å². The van der Waals surface area contributed by atoms with Crippen LogP contribution in [0.5, 0.6) is 0 Å². The molecule has 5 fully saturated rings. The fourth-order valence-electron chi connectivity index (χ4n) is 8.88. The summed E-state index contributed by atoms with van der Waals surface area (Å²) in [5, 5.41) is 0. The molecule has 2 nitrogen and oxygen atoms in total. The van der Waals surface area contributed by atoms with Gasteiger partial charge in [0.05, 0.1) is 17.0 Å². The molecule has 0 spiro atoms. The summed E-state index contributed by atoms with van der Waals surface area (Å²) in [4.78, 5) is 4.96. The normalized spacial score (nSPS) is 26.3. The molecule has 6 aliphatic rings. The van der Waals surface area contributed by atoms with Gasteiger partial charge in [-0.2, -0.15) is 6.67 Å². The van der Waals surface area contributed by atoms with E-state index in [9.17, 15) is 0 Å². The molecule has 41 heavy (non-hydrogen) atoms. The third-order valence-electron chi connectivity index (χ3n) is 11.1. The van der Waals surface area contributed by atoms with E-state index in [-0.39, 0.29) is 7.92 Å². The van der Waals surface area contributed by atoms with Crippen LogP contribution in [0.2, 0.25) is 0 Å². The fourth-order valence-corrected chi connectivity index (χ4v) is 14.1. The van der Waals surface area contributed by atoms with Crippen LogP contribution in [0, 0.1) is 6.67 Å². The second-order valence-electron chi connectivity index (χ2n) is 13.8. The molecule has 0 N–H and O–H groups in total. The van der Waals surface area contributed by atoms with Crippen LogP contribution >= 0.6 is 27.3 Å². The minimum atomic E-state index is -1.36. The van der Waals surface area contributed by atoms with Gasteiger partial charge in [0.15, 0.2) is 0 Å². The van der Waals surface area contributed by atoms with Gasteiger partial charge in [0.2, 0.25) is 0 Å². The monoisotopic (exact) mass is 714 g/mol. The topological polar surface area (TPSA) is 6.48 Å². The maximum absolute atomic E-state index is 5.32. The standard InChI is InChI=1S/C18H33P.C15H25N2.C2H4.2ClH.Ru/c1-4-10-16(11-5-1)19(17-12-6-2-7-13-17)18-14-8-3-9-15-18;1-3-7-14(8-4-1)16-11-12-17(13-16)15-9-5-2-6-10-15;1-2;;;/h16-18H,1-15H2;11-15H,1-10H2;1H,2H3;2*1H;/q;-1;;;;+2/p-1. The van der Waals surface area contributed by atoms with E-state index >= 15 is 0 Å². The van der Waals surface area contributed by atoms with Gasteiger partial charge >= 0.3 is 44.4 Å². The van der Waals surface area contributed by atoms with Crippen molar-refractivity contribution in [1.29, 1.82) is 0 Å². The van der Waals surface area contributed by atoms with Gasteiger partial charge in [0.1, 0.15) is 0 Å². The average molecular weight is 715 g/mol. The van der Waals surface area contributed by atoms with Crippen molar-refractivity contribution in [2.45, 2.75) is 197 Å². The molecule has 240 valence electrons. The molecule has 0 aromatic rings. The number of hydrogen-bond acceptors (Lipinski definition) is 2. The van der Waals surface area contributed by atoms with Crippen molar-refractivity contribution in [3.8, 4) is 0 Å². The third kappa shape index (κ3) is 11.9. The molecule has 0 aromatic heterocycles. The first kappa shape index (κ1) is 34.7. The van der Waals surface area contributed by atoms with E-state index in [1.807, 2.05) is 11.5 Å². The molecular weight excluding hydrogens is 651 g/mol. The summed E-state index contributed by atoms with van der Waals surface area (Å²) in [6.45, 7) is 4.25. The Morgan fingerprint density at radius 3 is 1.07 bits per heavy atom. The summed E-state index contributed by atoms with van der Waals surface area (Å²) in [5.41, 5.74) is 3.68. The predicted molar refractivity (Wildman–Crippen MR) is 183 cm³/mol. The van der Waals surface area contributed by atoms with E-state index in [0.29, 0.717) is 0 Å². The molecule has 0 aromatic carbocycles. The second kappa shape index (κ2) is 20.1. The van der Waals surface area contributed by atoms with Crippen molar-refractivity contribution in [2.24, 2.45) is 0 Å². The van der Waals surface area contributed by atoms with Crippen LogP contribution in [-0.2, 0) is 13.5 Å². The summed E-state index contributed by atoms with van der Waals surface area (Å²) in [7, 11) is 10.6. The van der Waals surface area contributed by atoms with E-state index in [1.54, 1.807) is 96.3 Å². The molecule has 0 amide bonds. The van der Waals surface area contributed by atoms with Gasteiger partial charge in [-0.15, -0.1) is 0 Å². The van der Waals surface area contributed by atoms with Crippen LogP contribution in [0.25, 0.3) is 0 Å². The molecular formula is C35H63Cl2N2PRu. The molecule has 0 saturated heterocycles. The van der Waals surface area contributed by atoms with Gasteiger partial charge < -0.3 is 9.80 Å². The Hall–Kier alpha value is 0.843. The number of nitrogens with zero attached hydrogens (tertiary/aromatic N) is 2. The first-order valence-corrected chi connectivity index (χ1v) is 25.1. The second-order valence-corrected chi connectivity index (χ2v) is 23.5. The number of halogens is 2. The molecule has 5 saturated carbocycles. The van der Waals surface area contributed by atoms with Gasteiger partial charge in [0.25, 0.3) is 0 Å². The van der Waals surface area contributed by atoms with Gasteiger partial charge in [-0.05, 0) is 115 Å². The van der Waals surface area contributed by atoms with Crippen molar-refractivity contribution < 1.29 is 13.5 Å². The third-order valence-corrected chi connectivity index (χ3v) is 18.2. The van der Waals surface area contributed by atoms with Crippen molar-refractivity contribution in [1.82, 2.24) is 9.80 Å². The van der Waals surface area contributed by atoms with Gasteiger partial charge in [-0.1, -0.05) is 57.8 Å². The molecule has 6 rings (SSSR count). The molecule has 0 atom stereocenters. The fraction of sp³-hybridized carbons (Fsp3) is 0.886. The number of hydrogen-bond donors (Lipinski definition) is 0. The Bertz CT molecular complexity index is 676. The Labute approximate surface area is 269 Å². The van der Waals surface area contributed by atoms with Crippen molar-refractivity contribution in [2.75, 3.05) is 0 Å². The van der Waals surface area contributed by atoms with Crippen LogP contribution in [0.15, 0.2) is 12.4 Å². The molecule has 5 aliphatic carbocycles. The zero-order chi connectivity index (χ0) is 28.7. The van der Waals surface area contributed by atoms with Crippen LogP contribution in [0.4, 0.5) is 0 Å². The zero-order valence-corrected chi connectivity index (χ0v) is 30.6. The Balaban J connectivity index is 0.000000163. The first-order valence-electron chi connectivity index (χ1n) is 17.9. The maximum atomic E-state index is 5.32. The first-order chi connectivity index (χ1) is 20.2.